The van der Waals surface area contributed by atoms with E-state index in [-0.39, 0.29) is 11.6 Å². The third kappa shape index (κ3) is 7.34. The quantitative estimate of drug-likeness (QED) is 0.702. The fourth-order valence-corrected chi connectivity index (χ4v) is 2.32. The summed E-state index contributed by atoms with van der Waals surface area (Å²) in [7, 11) is 2.10. The van der Waals surface area contributed by atoms with Crippen molar-refractivity contribution in [3.63, 3.8) is 0 Å². The van der Waals surface area contributed by atoms with Crippen LogP contribution in [0.2, 0.25) is 0 Å². The van der Waals surface area contributed by atoms with Gasteiger partial charge in [0.1, 0.15) is 0 Å². The Morgan fingerprint density at radius 2 is 1.67 bits per heavy atom. The molecule has 0 aliphatic rings. The summed E-state index contributed by atoms with van der Waals surface area (Å²) in [6.45, 7) is 15.8. The number of likely N-dealkylation sites (N-methyl/N-ethyl adjacent to an activating group) is 1. The molecule has 0 fully saturated rings. The van der Waals surface area contributed by atoms with E-state index >= 15 is 0 Å². The van der Waals surface area contributed by atoms with Crippen molar-refractivity contribution in [1.29, 1.82) is 0 Å². The predicted octanol–water partition coefficient (Wildman–Crippen LogP) is 2.49. The van der Waals surface area contributed by atoms with Crippen molar-refractivity contribution in [2.75, 3.05) is 26.7 Å². The van der Waals surface area contributed by atoms with Crippen LogP contribution in [0.3, 0.4) is 0 Å². The van der Waals surface area contributed by atoms with E-state index in [9.17, 15) is 5.11 Å². The molecule has 0 amide bonds. The number of aliphatic hydroxyl groups excluding tert-OH is 1. The van der Waals surface area contributed by atoms with E-state index in [1.807, 2.05) is 6.92 Å². The molecule has 18 heavy (non-hydrogen) atoms. The molecule has 0 rings (SSSR count). The summed E-state index contributed by atoms with van der Waals surface area (Å²) >= 11 is 0. The molecule has 110 valence electrons. The lowest BCUT2D eigenvalue weighted by Crippen LogP contribution is -2.48. The monoisotopic (exact) mass is 258 g/mol. The lowest BCUT2D eigenvalue weighted by Gasteiger charge is -2.38. The van der Waals surface area contributed by atoms with Crippen LogP contribution >= 0.6 is 0 Å². The van der Waals surface area contributed by atoms with Gasteiger partial charge in [-0.25, -0.2) is 0 Å². The summed E-state index contributed by atoms with van der Waals surface area (Å²) in [6.07, 6.45) is 2.07. The van der Waals surface area contributed by atoms with Gasteiger partial charge in [-0.3, -0.25) is 0 Å². The number of nitrogens with one attached hydrogen (secondary N) is 1. The van der Waals surface area contributed by atoms with Crippen LogP contribution in [0.15, 0.2) is 0 Å². The second-order valence-corrected chi connectivity index (χ2v) is 6.86. The number of hydrogen-bond donors (Lipinski definition) is 2. The van der Waals surface area contributed by atoms with Crippen LogP contribution in [0.4, 0.5) is 0 Å². The molecular weight excluding hydrogens is 224 g/mol. The Kier molecular flexibility index (Phi) is 7.41. The van der Waals surface area contributed by atoms with Gasteiger partial charge in [0, 0.05) is 25.2 Å². The zero-order valence-corrected chi connectivity index (χ0v) is 13.5. The van der Waals surface area contributed by atoms with Crippen LogP contribution in [-0.4, -0.2) is 48.3 Å². The lowest BCUT2D eigenvalue weighted by molar-refractivity contribution is 0.0948. The molecule has 0 spiro atoms. The van der Waals surface area contributed by atoms with E-state index < -0.39 is 0 Å². The Morgan fingerprint density at radius 1 is 1.17 bits per heavy atom. The van der Waals surface area contributed by atoms with E-state index in [0.29, 0.717) is 5.41 Å². The molecule has 0 aliphatic carbocycles. The molecule has 0 saturated heterocycles. The predicted molar refractivity (Wildman–Crippen MR) is 79.9 cm³/mol. The minimum Gasteiger partial charge on any atom is -0.392 e. The smallest absolute Gasteiger partial charge is 0.0638 e. The summed E-state index contributed by atoms with van der Waals surface area (Å²) in [6, 6.07) is 0. The normalized spacial score (nSPS) is 15.2. The maximum absolute atomic E-state index is 9.47. The molecule has 0 aromatic carbocycles. The number of aliphatic hydroxyl groups is 1. The Labute approximate surface area is 114 Å². The number of rotatable bonds is 8. The Hall–Kier alpha value is -0.120. The summed E-state index contributed by atoms with van der Waals surface area (Å²) in [4.78, 5) is 2.25. The summed E-state index contributed by atoms with van der Waals surface area (Å²) in [5.74, 6) is 0. The van der Waals surface area contributed by atoms with Crippen molar-refractivity contribution in [2.24, 2.45) is 5.41 Å². The molecule has 0 aliphatic heterocycles. The second-order valence-electron chi connectivity index (χ2n) is 6.86. The first kappa shape index (κ1) is 17.9. The van der Waals surface area contributed by atoms with Crippen molar-refractivity contribution in [1.82, 2.24) is 10.2 Å². The van der Waals surface area contributed by atoms with E-state index in [2.05, 4.69) is 51.9 Å². The van der Waals surface area contributed by atoms with Crippen molar-refractivity contribution >= 4 is 0 Å². The first-order chi connectivity index (χ1) is 8.14. The molecule has 0 radical (unpaired) electrons. The van der Waals surface area contributed by atoms with Gasteiger partial charge in [0.25, 0.3) is 0 Å². The third-order valence-electron chi connectivity index (χ3n) is 3.67. The fraction of sp³-hybridized carbons (Fsp3) is 1.00. The summed E-state index contributed by atoms with van der Waals surface area (Å²) < 4.78 is 0. The molecule has 0 aromatic rings. The number of hydrogen-bond acceptors (Lipinski definition) is 3. The maximum atomic E-state index is 9.47. The van der Waals surface area contributed by atoms with Gasteiger partial charge in [0.15, 0.2) is 0 Å². The summed E-state index contributed by atoms with van der Waals surface area (Å²) in [5, 5.41) is 13.1. The van der Waals surface area contributed by atoms with Crippen molar-refractivity contribution in [3.05, 3.63) is 0 Å². The first-order valence-electron chi connectivity index (χ1n) is 7.26. The largest absolute Gasteiger partial charge is 0.392 e. The van der Waals surface area contributed by atoms with Gasteiger partial charge in [-0.05, 0) is 53.0 Å². The van der Waals surface area contributed by atoms with Crippen molar-refractivity contribution in [3.8, 4) is 0 Å². The average molecular weight is 258 g/mol. The highest BCUT2D eigenvalue weighted by Crippen LogP contribution is 2.27. The van der Waals surface area contributed by atoms with Crippen LogP contribution in [-0.2, 0) is 0 Å². The molecule has 0 bridgehead atoms. The molecule has 1 unspecified atom stereocenters. The summed E-state index contributed by atoms with van der Waals surface area (Å²) in [5.41, 5.74) is 0.468. The van der Waals surface area contributed by atoms with Crippen molar-refractivity contribution in [2.45, 2.75) is 66.0 Å². The molecule has 0 heterocycles. The highest BCUT2D eigenvalue weighted by molar-refractivity contribution is 4.85. The fourth-order valence-electron chi connectivity index (χ4n) is 2.32. The minimum absolute atomic E-state index is 0.165. The topological polar surface area (TPSA) is 35.5 Å². The first-order valence-corrected chi connectivity index (χ1v) is 7.26. The molecule has 3 nitrogen and oxygen atoms in total. The Balaban J connectivity index is 4.51. The third-order valence-corrected chi connectivity index (χ3v) is 3.67. The maximum Gasteiger partial charge on any atom is 0.0638 e. The van der Waals surface area contributed by atoms with Gasteiger partial charge >= 0.3 is 0 Å². The molecule has 0 saturated carbocycles. The average Bonchev–Trinajstić information content (AvgIpc) is 2.22. The van der Waals surface area contributed by atoms with E-state index in [0.717, 1.165) is 32.5 Å². The highest BCUT2D eigenvalue weighted by Gasteiger charge is 2.29. The van der Waals surface area contributed by atoms with Crippen LogP contribution in [0, 0.1) is 5.41 Å². The van der Waals surface area contributed by atoms with Gasteiger partial charge in [0.2, 0.25) is 0 Å². The molecule has 0 aromatic heterocycles. The van der Waals surface area contributed by atoms with E-state index in [1.54, 1.807) is 0 Å². The molecular formula is C15H34N2O. The molecule has 2 N–H and O–H groups in total. The zero-order valence-electron chi connectivity index (χ0n) is 13.5. The lowest BCUT2D eigenvalue weighted by atomic mass is 9.81. The van der Waals surface area contributed by atoms with Gasteiger partial charge < -0.3 is 15.3 Å². The molecule has 3 heteroatoms. The van der Waals surface area contributed by atoms with Crippen LogP contribution in [0.25, 0.3) is 0 Å². The highest BCUT2D eigenvalue weighted by atomic mass is 16.3. The Bertz CT molecular complexity index is 217. The minimum atomic E-state index is -0.253. The van der Waals surface area contributed by atoms with E-state index in [1.165, 1.54) is 0 Å². The van der Waals surface area contributed by atoms with Crippen LogP contribution in [0.5, 0.6) is 0 Å². The van der Waals surface area contributed by atoms with Crippen LogP contribution in [0.1, 0.15) is 54.4 Å². The zero-order chi connectivity index (χ0) is 14.4. The van der Waals surface area contributed by atoms with E-state index in [4.69, 9.17) is 0 Å². The van der Waals surface area contributed by atoms with Crippen LogP contribution < -0.4 is 5.32 Å². The SMILES string of the molecule is CCC(CC)(CNC(C)(C)C)CN(C)CC(C)O. The van der Waals surface area contributed by atoms with Gasteiger partial charge in [0.05, 0.1) is 6.10 Å². The molecule has 1 atom stereocenters. The van der Waals surface area contributed by atoms with Gasteiger partial charge in [-0.15, -0.1) is 0 Å². The van der Waals surface area contributed by atoms with Gasteiger partial charge in [-0.2, -0.15) is 0 Å². The van der Waals surface area contributed by atoms with Gasteiger partial charge in [-0.1, -0.05) is 13.8 Å². The standard InChI is InChI=1S/C15H34N2O/c1-8-15(9-2,11-16-14(4,5)6)12-17(7)10-13(3)18/h13,16,18H,8-12H2,1-7H3. The van der Waals surface area contributed by atoms with Crippen molar-refractivity contribution < 1.29 is 5.11 Å². The Morgan fingerprint density at radius 3 is 2.00 bits per heavy atom. The number of nitrogens with zero attached hydrogens (tertiary/aromatic N) is 1. The second kappa shape index (κ2) is 7.46.